The molecule has 0 unspecified atom stereocenters. The number of nitrogens with zero attached hydrogens (tertiary/aromatic N) is 3. The molecule has 0 atom stereocenters. The zero-order valence-electron chi connectivity index (χ0n) is 15.7. The van der Waals surface area contributed by atoms with Gasteiger partial charge in [0.1, 0.15) is 6.54 Å². The maximum Gasteiger partial charge on any atom is 0.246 e. The van der Waals surface area contributed by atoms with Gasteiger partial charge in [-0.15, -0.1) is 0 Å². The first kappa shape index (κ1) is 20.2. The largest absolute Gasteiger partial charge is 0.324 e. The average molecular weight is 419 g/mol. The van der Waals surface area contributed by atoms with Crippen LogP contribution in [0.2, 0.25) is 0 Å². The van der Waals surface area contributed by atoms with Crippen molar-refractivity contribution in [3.63, 3.8) is 0 Å². The Morgan fingerprint density at radius 1 is 1.21 bits per heavy atom. The Kier molecular flexibility index (Phi) is 6.28. The molecular weight excluding hydrogens is 396 g/mol. The molecule has 0 aliphatic carbocycles. The predicted octanol–water partition coefficient (Wildman–Crippen LogP) is 3.28. The van der Waals surface area contributed by atoms with Crippen LogP contribution in [0.3, 0.4) is 0 Å². The number of amides is 1. The minimum absolute atomic E-state index is 0.0388. The number of hydrogen-bond acceptors (Lipinski definition) is 5. The lowest BCUT2D eigenvalue weighted by atomic mass is 10.2. The van der Waals surface area contributed by atoms with Crippen molar-refractivity contribution >= 4 is 33.0 Å². The van der Waals surface area contributed by atoms with Crippen molar-refractivity contribution in [2.75, 3.05) is 18.4 Å². The van der Waals surface area contributed by atoms with E-state index < -0.39 is 10.0 Å². The third-order valence-electron chi connectivity index (χ3n) is 4.22. The molecule has 0 saturated carbocycles. The quantitative estimate of drug-likeness (QED) is 0.608. The fourth-order valence-electron chi connectivity index (χ4n) is 2.81. The molecule has 7 nitrogen and oxygen atoms in total. The molecule has 1 amide bonds. The van der Waals surface area contributed by atoms with Gasteiger partial charge in [0.05, 0.1) is 10.6 Å². The van der Waals surface area contributed by atoms with Crippen LogP contribution >= 0.6 is 11.3 Å². The van der Waals surface area contributed by atoms with Gasteiger partial charge >= 0.3 is 0 Å². The van der Waals surface area contributed by atoms with E-state index in [1.165, 1.54) is 16.4 Å². The average Bonchev–Trinajstić information content (AvgIpc) is 3.34. The molecule has 2 heterocycles. The molecular formula is C19H22N4O3S2. The lowest BCUT2D eigenvalue weighted by Gasteiger charge is -2.18. The minimum Gasteiger partial charge on any atom is -0.324 e. The maximum atomic E-state index is 12.6. The lowest BCUT2D eigenvalue weighted by Crippen LogP contribution is -2.30. The standard InChI is InChI=1S/C19H22N4O3S2/c1-3-23(4-2)28(25,26)17-7-5-6-16(12-17)20-19(24)13-22-10-8-18(21-22)15-9-11-27-14-15/h5-12,14H,3-4,13H2,1-2H3,(H,20,24). The highest BCUT2D eigenvalue weighted by atomic mass is 32.2. The monoisotopic (exact) mass is 418 g/mol. The first-order valence-electron chi connectivity index (χ1n) is 8.90. The fraction of sp³-hybridized carbons (Fsp3) is 0.263. The number of sulfonamides is 1. The lowest BCUT2D eigenvalue weighted by molar-refractivity contribution is -0.116. The maximum absolute atomic E-state index is 12.6. The van der Waals surface area contributed by atoms with Gasteiger partial charge in [-0.1, -0.05) is 19.9 Å². The molecule has 1 aromatic carbocycles. The van der Waals surface area contributed by atoms with E-state index in [1.54, 1.807) is 48.2 Å². The summed E-state index contributed by atoms with van der Waals surface area (Å²) in [5, 5.41) is 11.1. The van der Waals surface area contributed by atoms with Crippen LogP contribution in [-0.2, 0) is 21.4 Å². The van der Waals surface area contributed by atoms with Gasteiger partial charge in [-0.2, -0.15) is 20.7 Å². The van der Waals surface area contributed by atoms with Gasteiger partial charge in [0, 0.05) is 35.9 Å². The highest BCUT2D eigenvalue weighted by molar-refractivity contribution is 7.89. The van der Waals surface area contributed by atoms with Crippen LogP contribution in [0.5, 0.6) is 0 Å². The molecule has 3 aromatic rings. The summed E-state index contributed by atoms with van der Waals surface area (Å²) in [6.07, 6.45) is 1.74. The van der Waals surface area contributed by atoms with Crippen LogP contribution in [0, 0.1) is 0 Å². The van der Waals surface area contributed by atoms with E-state index in [0.29, 0.717) is 18.8 Å². The molecule has 3 rings (SSSR count). The number of rotatable bonds is 8. The molecule has 0 aliphatic heterocycles. The van der Waals surface area contributed by atoms with Crippen LogP contribution in [0.15, 0.2) is 58.3 Å². The molecule has 0 radical (unpaired) electrons. The normalized spacial score (nSPS) is 11.7. The van der Waals surface area contributed by atoms with Crippen LogP contribution in [0.25, 0.3) is 11.3 Å². The third kappa shape index (κ3) is 4.49. The summed E-state index contributed by atoms with van der Waals surface area (Å²) < 4.78 is 28.2. The van der Waals surface area contributed by atoms with E-state index in [-0.39, 0.29) is 17.3 Å². The molecule has 148 valence electrons. The minimum atomic E-state index is -3.57. The topological polar surface area (TPSA) is 84.3 Å². The summed E-state index contributed by atoms with van der Waals surface area (Å²) in [6, 6.07) is 10.1. The molecule has 1 N–H and O–H groups in total. The molecule has 0 aliphatic rings. The molecule has 0 bridgehead atoms. The van der Waals surface area contributed by atoms with E-state index in [2.05, 4.69) is 10.4 Å². The first-order chi connectivity index (χ1) is 13.4. The van der Waals surface area contributed by atoms with E-state index in [4.69, 9.17) is 0 Å². The van der Waals surface area contributed by atoms with E-state index in [1.807, 2.05) is 22.9 Å². The van der Waals surface area contributed by atoms with Gasteiger partial charge in [0.25, 0.3) is 0 Å². The molecule has 28 heavy (non-hydrogen) atoms. The Balaban J connectivity index is 1.69. The number of benzene rings is 1. The molecule has 0 saturated heterocycles. The van der Waals surface area contributed by atoms with E-state index in [9.17, 15) is 13.2 Å². The van der Waals surface area contributed by atoms with Gasteiger partial charge in [0.15, 0.2) is 0 Å². The number of nitrogens with one attached hydrogen (secondary N) is 1. The van der Waals surface area contributed by atoms with Crippen molar-refractivity contribution in [1.29, 1.82) is 0 Å². The van der Waals surface area contributed by atoms with Crippen LogP contribution < -0.4 is 5.32 Å². The second-order valence-electron chi connectivity index (χ2n) is 6.08. The molecule has 0 fully saturated rings. The van der Waals surface area contributed by atoms with Gasteiger partial charge in [-0.05, 0) is 35.7 Å². The third-order valence-corrected chi connectivity index (χ3v) is 6.95. The van der Waals surface area contributed by atoms with Gasteiger partial charge in [-0.25, -0.2) is 8.42 Å². The van der Waals surface area contributed by atoms with E-state index in [0.717, 1.165) is 11.3 Å². The number of anilines is 1. The van der Waals surface area contributed by atoms with Crippen molar-refractivity contribution in [2.24, 2.45) is 0 Å². The van der Waals surface area contributed by atoms with Crippen molar-refractivity contribution in [1.82, 2.24) is 14.1 Å². The fourth-order valence-corrected chi connectivity index (χ4v) is 4.96. The smallest absolute Gasteiger partial charge is 0.246 e. The van der Waals surface area contributed by atoms with Crippen LogP contribution in [-0.4, -0.2) is 41.5 Å². The SMILES string of the molecule is CCN(CC)S(=O)(=O)c1cccc(NC(=O)Cn2ccc(-c3ccsc3)n2)c1. The van der Waals surface area contributed by atoms with Crippen LogP contribution in [0.1, 0.15) is 13.8 Å². The second kappa shape index (κ2) is 8.68. The number of carbonyl (C=O) groups is 1. The van der Waals surface area contributed by atoms with Crippen LogP contribution in [0.4, 0.5) is 5.69 Å². The molecule has 2 aromatic heterocycles. The zero-order chi connectivity index (χ0) is 20.1. The molecule has 0 spiro atoms. The number of thiophene rings is 1. The summed E-state index contributed by atoms with van der Waals surface area (Å²) in [6.45, 7) is 4.40. The predicted molar refractivity (Wildman–Crippen MR) is 111 cm³/mol. The summed E-state index contributed by atoms with van der Waals surface area (Å²) in [4.78, 5) is 12.5. The van der Waals surface area contributed by atoms with Crippen molar-refractivity contribution in [3.8, 4) is 11.3 Å². The highest BCUT2D eigenvalue weighted by Gasteiger charge is 2.21. The van der Waals surface area contributed by atoms with Crippen molar-refractivity contribution < 1.29 is 13.2 Å². The number of aromatic nitrogens is 2. The van der Waals surface area contributed by atoms with Gasteiger partial charge in [-0.3, -0.25) is 9.48 Å². The second-order valence-corrected chi connectivity index (χ2v) is 8.79. The number of hydrogen-bond donors (Lipinski definition) is 1. The Hall–Kier alpha value is -2.49. The van der Waals surface area contributed by atoms with Gasteiger partial charge in [0.2, 0.25) is 15.9 Å². The van der Waals surface area contributed by atoms with Gasteiger partial charge < -0.3 is 5.32 Å². The highest BCUT2D eigenvalue weighted by Crippen LogP contribution is 2.21. The first-order valence-corrected chi connectivity index (χ1v) is 11.3. The summed E-state index contributed by atoms with van der Waals surface area (Å²) >= 11 is 1.59. The Morgan fingerprint density at radius 3 is 2.68 bits per heavy atom. The number of carbonyl (C=O) groups excluding carboxylic acids is 1. The van der Waals surface area contributed by atoms with Crippen molar-refractivity contribution in [3.05, 3.63) is 53.4 Å². The summed E-state index contributed by atoms with van der Waals surface area (Å²) in [5.41, 5.74) is 2.25. The summed E-state index contributed by atoms with van der Waals surface area (Å²) in [7, 11) is -3.57. The Labute approximate surface area is 168 Å². The zero-order valence-corrected chi connectivity index (χ0v) is 17.3. The van der Waals surface area contributed by atoms with Crippen molar-refractivity contribution in [2.45, 2.75) is 25.3 Å². The Bertz CT molecular complexity index is 1040. The Morgan fingerprint density at radius 2 is 2.00 bits per heavy atom. The summed E-state index contributed by atoms with van der Waals surface area (Å²) in [5.74, 6) is -0.280. The molecule has 9 heteroatoms. The van der Waals surface area contributed by atoms with E-state index >= 15 is 0 Å².